The van der Waals surface area contributed by atoms with E-state index in [-0.39, 0.29) is 18.1 Å². The van der Waals surface area contributed by atoms with Gasteiger partial charge in [0.05, 0.1) is 23.6 Å². The van der Waals surface area contributed by atoms with Crippen LogP contribution in [0.15, 0.2) is 85.1 Å². The number of carbonyl (C=O) groups excluding carboxylic acids is 3. The number of rotatable bonds is 7. The van der Waals surface area contributed by atoms with Gasteiger partial charge in [0.1, 0.15) is 5.82 Å². The molecule has 0 radical (unpaired) electrons. The molecule has 1 amide bonds. The maximum atomic E-state index is 13.6. The number of nitrogens with one attached hydrogen (secondary N) is 1. The van der Waals surface area contributed by atoms with Gasteiger partial charge in [-0.25, -0.2) is 13.9 Å². The molecule has 0 atom stereocenters. The number of piperazine rings is 1. The first kappa shape index (κ1) is 26.9. The molecule has 3 heterocycles. The number of ketones is 1. The fourth-order valence-electron chi connectivity index (χ4n) is 5.20. The van der Waals surface area contributed by atoms with Gasteiger partial charge in [-0.05, 0) is 55.5 Å². The third-order valence-corrected chi connectivity index (χ3v) is 7.39. The summed E-state index contributed by atoms with van der Waals surface area (Å²) in [7, 11) is 0. The van der Waals surface area contributed by atoms with E-state index in [9.17, 15) is 18.8 Å². The maximum absolute atomic E-state index is 13.6. The minimum atomic E-state index is -0.535. The Morgan fingerprint density at radius 3 is 2.31 bits per heavy atom. The van der Waals surface area contributed by atoms with Crippen molar-refractivity contribution in [2.45, 2.75) is 6.92 Å². The smallest absolute Gasteiger partial charge is 0.358 e. The molecule has 212 valence electrons. The molecule has 1 saturated heterocycles. The number of amides is 1. The van der Waals surface area contributed by atoms with Crippen molar-refractivity contribution in [2.24, 2.45) is 0 Å². The van der Waals surface area contributed by atoms with Gasteiger partial charge in [0.2, 0.25) is 0 Å². The average molecular weight is 566 g/mol. The second-order valence-electron chi connectivity index (χ2n) is 9.93. The number of Topliss-reactive ketones (excluding diaryl/α,β-unsaturated/α-hetero) is 1. The molecule has 6 rings (SSSR count). The van der Waals surface area contributed by atoms with Crippen LogP contribution in [-0.2, 0) is 9.53 Å². The zero-order valence-corrected chi connectivity index (χ0v) is 22.9. The summed E-state index contributed by atoms with van der Waals surface area (Å²) in [5.41, 5.74) is 4.40. The molecular weight excluding hydrogens is 537 g/mol. The van der Waals surface area contributed by atoms with E-state index < -0.39 is 17.7 Å². The highest BCUT2D eigenvalue weighted by atomic mass is 19.1. The number of ether oxygens (including phenoxy) is 1. The molecule has 0 unspecified atom stereocenters. The molecule has 0 bridgehead atoms. The fraction of sp³-hybridized carbons (Fsp3) is 0.188. The van der Waals surface area contributed by atoms with Crippen LogP contribution in [0.25, 0.3) is 27.8 Å². The van der Waals surface area contributed by atoms with Gasteiger partial charge in [-0.1, -0.05) is 30.3 Å². The summed E-state index contributed by atoms with van der Waals surface area (Å²) >= 11 is 0. The molecule has 3 aromatic carbocycles. The number of nitrogens with zero attached hydrogens (tertiary/aromatic N) is 4. The van der Waals surface area contributed by atoms with Gasteiger partial charge in [0, 0.05) is 54.5 Å². The number of esters is 1. The lowest BCUT2D eigenvalue weighted by molar-refractivity contribution is -0.126. The predicted octanol–water partition coefficient (Wildman–Crippen LogP) is 4.87. The Morgan fingerprint density at radius 2 is 1.60 bits per heavy atom. The molecule has 10 heteroatoms. The number of halogens is 1. The highest BCUT2D eigenvalue weighted by molar-refractivity contribution is 6.44. The van der Waals surface area contributed by atoms with Gasteiger partial charge in [-0.15, -0.1) is 0 Å². The SMILES string of the molecule is CCOC(=O)c1cc(-c2ccc(N3CCN(C(=O)C(=O)c4c[nH]c5ccccc45)CC3)cc2)n(-c2ccc(F)cc2)n1. The lowest BCUT2D eigenvalue weighted by Crippen LogP contribution is -2.50. The Morgan fingerprint density at radius 1 is 0.905 bits per heavy atom. The van der Waals surface area contributed by atoms with Crippen molar-refractivity contribution in [2.75, 3.05) is 37.7 Å². The minimum Gasteiger partial charge on any atom is -0.461 e. The van der Waals surface area contributed by atoms with Crippen LogP contribution < -0.4 is 4.90 Å². The molecule has 0 saturated carbocycles. The Hall–Kier alpha value is -5.25. The molecule has 1 aliphatic heterocycles. The predicted molar refractivity (Wildman–Crippen MR) is 156 cm³/mol. The molecule has 1 N–H and O–H groups in total. The largest absolute Gasteiger partial charge is 0.461 e. The van der Waals surface area contributed by atoms with Gasteiger partial charge in [-0.2, -0.15) is 5.10 Å². The lowest BCUT2D eigenvalue weighted by Gasteiger charge is -2.35. The number of hydrogen-bond donors (Lipinski definition) is 1. The zero-order chi connectivity index (χ0) is 29.2. The van der Waals surface area contributed by atoms with Gasteiger partial charge in [-0.3, -0.25) is 9.59 Å². The number of para-hydroxylation sites is 1. The first-order valence-corrected chi connectivity index (χ1v) is 13.7. The number of anilines is 1. The molecule has 9 nitrogen and oxygen atoms in total. The zero-order valence-electron chi connectivity index (χ0n) is 22.9. The lowest BCUT2D eigenvalue weighted by atomic mass is 10.1. The van der Waals surface area contributed by atoms with E-state index >= 15 is 0 Å². The van der Waals surface area contributed by atoms with E-state index in [0.29, 0.717) is 43.1 Å². The summed E-state index contributed by atoms with van der Waals surface area (Å²) in [5, 5.41) is 5.17. The summed E-state index contributed by atoms with van der Waals surface area (Å²) in [6.07, 6.45) is 1.60. The van der Waals surface area contributed by atoms with Gasteiger partial charge >= 0.3 is 5.97 Å². The second kappa shape index (κ2) is 11.3. The summed E-state index contributed by atoms with van der Waals surface area (Å²) in [6.45, 7) is 3.96. The molecule has 2 aromatic heterocycles. The number of hydrogen-bond acceptors (Lipinski definition) is 6. The Bertz CT molecular complexity index is 1770. The van der Waals surface area contributed by atoms with E-state index in [1.165, 1.54) is 12.1 Å². The minimum absolute atomic E-state index is 0.156. The molecular formula is C32H28FN5O4. The summed E-state index contributed by atoms with van der Waals surface area (Å²) < 4.78 is 20.3. The third-order valence-electron chi connectivity index (χ3n) is 7.39. The highest BCUT2D eigenvalue weighted by Crippen LogP contribution is 2.28. The summed E-state index contributed by atoms with van der Waals surface area (Å²) in [5.74, 6) is -1.91. The van der Waals surface area contributed by atoms with Crippen LogP contribution >= 0.6 is 0 Å². The van der Waals surface area contributed by atoms with Gasteiger partial charge < -0.3 is 19.5 Å². The number of fused-ring (bicyclic) bond motifs is 1. The van der Waals surface area contributed by atoms with Crippen LogP contribution in [0.1, 0.15) is 27.8 Å². The number of carbonyl (C=O) groups is 3. The molecule has 5 aromatic rings. The van der Waals surface area contributed by atoms with Crippen LogP contribution in [-0.4, -0.2) is 70.1 Å². The first-order valence-electron chi connectivity index (χ1n) is 13.7. The fourth-order valence-corrected chi connectivity index (χ4v) is 5.20. The van der Waals surface area contributed by atoms with Crippen molar-refractivity contribution in [1.29, 1.82) is 0 Å². The topological polar surface area (TPSA) is 101 Å². The van der Waals surface area contributed by atoms with Crippen molar-refractivity contribution in [3.05, 3.63) is 102 Å². The number of aromatic amines is 1. The quantitative estimate of drug-likeness (QED) is 0.172. The number of benzene rings is 3. The normalized spacial score (nSPS) is 13.4. The van der Waals surface area contributed by atoms with Crippen LogP contribution in [0.3, 0.4) is 0 Å². The molecule has 1 fully saturated rings. The Kier molecular flexibility index (Phi) is 7.26. The van der Waals surface area contributed by atoms with E-state index in [2.05, 4.69) is 15.0 Å². The number of H-pyrrole nitrogens is 1. The van der Waals surface area contributed by atoms with Crippen LogP contribution in [0.5, 0.6) is 0 Å². The Labute approximate surface area is 241 Å². The monoisotopic (exact) mass is 565 g/mol. The van der Waals surface area contributed by atoms with Crippen molar-refractivity contribution < 1.29 is 23.5 Å². The average Bonchev–Trinajstić information content (AvgIpc) is 3.67. The molecule has 0 aliphatic carbocycles. The third kappa shape index (κ3) is 5.14. The molecule has 42 heavy (non-hydrogen) atoms. The van der Waals surface area contributed by atoms with Crippen LogP contribution in [0, 0.1) is 5.82 Å². The Balaban J connectivity index is 1.16. The van der Waals surface area contributed by atoms with Crippen molar-refractivity contribution in [3.8, 4) is 16.9 Å². The van der Waals surface area contributed by atoms with Crippen molar-refractivity contribution >= 4 is 34.3 Å². The second-order valence-corrected chi connectivity index (χ2v) is 9.93. The van der Waals surface area contributed by atoms with E-state index in [1.54, 1.807) is 40.9 Å². The van der Waals surface area contributed by atoms with Gasteiger partial charge in [0.25, 0.3) is 11.7 Å². The standard InChI is InChI=1S/C32H28FN5O4/c1-2-42-32(41)28-19-29(38(35-28)24-13-9-22(33)10-14-24)21-7-11-23(12-8-21)36-15-17-37(18-16-36)31(40)30(39)26-20-34-27-6-4-3-5-25(26)27/h3-14,19-20,34H,2,15-18H2,1H3. The maximum Gasteiger partial charge on any atom is 0.358 e. The summed E-state index contributed by atoms with van der Waals surface area (Å²) in [4.78, 5) is 45.2. The van der Waals surface area contributed by atoms with Crippen LogP contribution in [0.4, 0.5) is 10.1 Å². The van der Waals surface area contributed by atoms with E-state index in [1.807, 2.05) is 48.5 Å². The van der Waals surface area contributed by atoms with E-state index in [0.717, 1.165) is 22.2 Å². The molecule has 0 spiro atoms. The first-order chi connectivity index (χ1) is 20.4. The van der Waals surface area contributed by atoms with Crippen molar-refractivity contribution in [1.82, 2.24) is 19.7 Å². The van der Waals surface area contributed by atoms with E-state index in [4.69, 9.17) is 4.74 Å². The summed E-state index contributed by atoms with van der Waals surface area (Å²) in [6, 6.07) is 22.8. The number of aromatic nitrogens is 3. The van der Waals surface area contributed by atoms with Gasteiger partial charge in [0.15, 0.2) is 5.69 Å². The highest BCUT2D eigenvalue weighted by Gasteiger charge is 2.28. The molecule has 1 aliphatic rings. The van der Waals surface area contributed by atoms with Crippen LogP contribution in [0.2, 0.25) is 0 Å². The van der Waals surface area contributed by atoms with Crippen molar-refractivity contribution in [3.63, 3.8) is 0 Å².